The summed E-state index contributed by atoms with van der Waals surface area (Å²) in [4.78, 5) is 12.3. The predicted molar refractivity (Wildman–Crippen MR) is 168 cm³/mol. The van der Waals surface area contributed by atoms with Crippen molar-refractivity contribution in [2.75, 3.05) is 0 Å². The molecule has 1 saturated heterocycles. The van der Waals surface area contributed by atoms with Crippen LogP contribution in [0.4, 0.5) is 13.2 Å². The van der Waals surface area contributed by atoms with Crippen LogP contribution in [-0.4, -0.2) is 39.2 Å². The first-order valence-corrected chi connectivity index (χ1v) is 18.3. The molecule has 5 nitrogen and oxygen atoms in total. The first kappa shape index (κ1) is 35.1. The molecular weight excluding hydrogens is 594 g/mol. The molecule has 0 radical (unpaired) electrons. The van der Waals surface area contributed by atoms with Crippen LogP contribution in [0.3, 0.4) is 0 Å². The summed E-state index contributed by atoms with van der Waals surface area (Å²) in [6, 6.07) is 20.1. The van der Waals surface area contributed by atoms with Gasteiger partial charge in [0.1, 0.15) is 5.76 Å². The minimum atomic E-state index is -5.69. The lowest BCUT2D eigenvalue weighted by molar-refractivity contribution is -0.0526. The number of hydrogen-bond acceptors (Lipinski definition) is 5. The third-order valence-electron chi connectivity index (χ3n) is 8.65. The Bertz CT molecular complexity index is 1270. The molecule has 1 heterocycles. The molecule has 0 aliphatic carbocycles. The van der Waals surface area contributed by atoms with E-state index in [-0.39, 0.29) is 17.2 Å². The Morgan fingerprint density at radius 2 is 1.53 bits per heavy atom. The molecule has 3 rings (SSSR count). The monoisotopic (exact) mass is 638 g/mol. The van der Waals surface area contributed by atoms with Crippen molar-refractivity contribution < 1.29 is 35.3 Å². The lowest BCUT2D eigenvalue weighted by Gasteiger charge is -2.41. The Labute approximate surface area is 256 Å². The highest BCUT2D eigenvalue weighted by Crippen LogP contribution is 2.41. The molecule has 0 amide bonds. The molecule has 1 unspecified atom stereocenters. The number of benzene rings is 2. The lowest BCUT2D eigenvalue weighted by atomic mass is 9.98. The van der Waals surface area contributed by atoms with Crippen LogP contribution in [0.2, 0.25) is 5.04 Å². The maximum absolute atomic E-state index is 12.5. The fourth-order valence-corrected chi connectivity index (χ4v) is 10.2. The average molecular weight is 639 g/mol. The fraction of sp³-hybridized carbons (Fsp3) is 0.515. The number of rotatable bonds is 16. The van der Waals surface area contributed by atoms with Crippen LogP contribution in [0.5, 0.6) is 0 Å². The molecule has 0 bridgehead atoms. The normalized spacial score (nSPS) is 18.9. The van der Waals surface area contributed by atoms with Gasteiger partial charge >= 0.3 is 15.6 Å². The van der Waals surface area contributed by atoms with E-state index >= 15 is 0 Å². The quantitative estimate of drug-likeness (QED) is 0.0519. The molecule has 0 saturated carbocycles. The molecule has 1 aliphatic rings. The zero-order valence-electron chi connectivity index (χ0n) is 25.4. The number of halogens is 3. The van der Waals surface area contributed by atoms with Crippen LogP contribution in [0.1, 0.15) is 78.6 Å². The summed E-state index contributed by atoms with van der Waals surface area (Å²) in [6.07, 6.45) is 7.19. The minimum Gasteiger partial charge on any atom is -0.424 e. The van der Waals surface area contributed by atoms with Gasteiger partial charge in [-0.2, -0.15) is 21.6 Å². The second-order valence-electron chi connectivity index (χ2n) is 12.3. The Balaban J connectivity index is 1.43. The van der Waals surface area contributed by atoms with Crippen LogP contribution in [0, 0.1) is 5.92 Å². The first-order chi connectivity index (χ1) is 20.1. The fourth-order valence-electron chi connectivity index (χ4n) is 5.88. The molecule has 1 aliphatic heterocycles. The second-order valence-corrected chi connectivity index (χ2v) is 17.8. The molecule has 2 aromatic carbocycles. The van der Waals surface area contributed by atoms with Crippen molar-refractivity contribution >= 4 is 28.8 Å². The summed E-state index contributed by atoms with van der Waals surface area (Å²) in [7, 11) is -8.72. The molecule has 2 aromatic rings. The third-order valence-corrected chi connectivity index (χ3v) is 14.2. The van der Waals surface area contributed by atoms with Crippen LogP contribution in [-0.2, 0) is 19.0 Å². The van der Waals surface area contributed by atoms with Gasteiger partial charge in [0.05, 0.1) is 12.2 Å². The molecule has 0 spiro atoms. The van der Waals surface area contributed by atoms with Gasteiger partial charge in [-0.25, -0.2) is 0 Å². The zero-order valence-corrected chi connectivity index (χ0v) is 27.2. The van der Waals surface area contributed by atoms with Crippen molar-refractivity contribution in [1.29, 1.82) is 0 Å². The van der Waals surface area contributed by atoms with Gasteiger partial charge in [0.15, 0.2) is 0 Å². The summed E-state index contributed by atoms with van der Waals surface area (Å²) >= 11 is 0. The SMILES string of the molecule is C=C(OS(=O)(=O)C(F)(F)F)[C@H](C)CCCC[C@@H]1OC(CCCCC(C)(C)[Si](O)(c2ccccc2)c2ccccc2)CC1=C. The van der Waals surface area contributed by atoms with Crippen molar-refractivity contribution in [2.24, 2.45) is 5.92 Å². The van der Waals surface area contributed by atoms with Crippen molar-refractivity contribution in [1.82, 2.24) is 0 Å². The minimum absolute atomic E-state index is 0.0598. The Hall–Kier alpha value is -2.40. The van der Waals surface area contributed by atoms with Gasteiger partial charge in [0, 0.05) is 5.92 Å². The van der Waals surface area contributed by atoms with Crippen LogP contribution in [0.25, 0.3) is 0 Å². The Morgan fingerprint density at radius 1 is 1.00 bits per heavy atom. The largest absolute Gasteiger partial charge is 0.534 e. The lowest BCUT2D eigenvalue weighted by Crippen LogP contribution is -2.65. The van der Waals surface area contributed by atoms with E-state index in [9.17, 15) is 26.4 Å². The van der Waals surface area contributed by atoms with E-state index in [2.05, 4.69) is 31.2 Å². The molecule has 1 fully saturated rings. The Morgan fingerprint density at radius 3 is 2.07 bits per heavy atom. The number of ether oxygens (including phenoxy) is 1. The predicted octanol–water partition coefficient (Wildman–Crippen LogP) is 7.37. The highest BCUT2D eigenvalue weighted by molar-refractivity contribution is 7.87. The average Bonchev–Trinajstić information content (AvgIpc) is 3.31. The maximum atomic E-state index is 12.5. The van der Waals surface area contributed by atoms with Crippen molar-refractivity contribution in [3.63, 3.8) is 0 Å². The van der Waals surface area contributed by atoms with Crippen LogP contribution in [0.15, 0.2) is 85.2 Å². The molecule has 3 atom stereocenters. The summed E-state index contributed by atoms with van der Waals surface area (Å²) < 4.78 is 70.5. The number of hydrogen-bond donors (Lipinski definition) is 1. The van der Waals surface area contributed by atoms with E-state index < -0.39 is 35.6 Å². The van der Waals surface area contributed by atoms with Gasteiger partial charge in [-0.1, -0.05) is 120 Å². The zero-order chi connectivity index (χ0) is 31.9. The van der Waals surface area contributed by atoms with Crippen molar-refractivity contribution in [3.05, 3.63) is 85.2 Å². The van der Waals surface area contributed by atoms with Crippen molar-refractivity contribution in [3.8, 4) is 0 Å². The van der Waals surface area contributed by atoms with Crippen molar-refractivity contribution in [2.45, 2.75) is 101 Å². The van der Waals surface area contributed by atoms with E-state index in [1.54, 1.807) is 6.92 Å². The highest BCUT2D eigenvalue weighted by atomic mass is 32.2. The van der Waals surface area contributed by atoms with Gasteiger partial charge < -0.3 is 13.7 Å². The van der Waals surface area contributed by atoms with E-state index in [1.807, 2.05) is 60.7 Å². The van der Waals surface area contributed by atoms with Gasteiger partial charge in [-0.3, -0.25) is 0 Å². The van der Waals surface area contributed by atoms with E-state index in [4.69, 9.17) is 4.74 Å². The molecule has 10 heteroatoms. The maximum Gasteiger partial charge on any atom is 0.534 e. The van der Waals surface area contributed by atoms with E-state index in [1.165, 1.54) is 0 Å². The number of alkyl halides is 3. The molecule has 0 aromatic heterocycles. The molecule has 43 heavy (non-hydrogen) atoms. The summed E-state index contributed by atoms with van der Waals surface area (Å²) in [5.74, 6) is -0.943. The smallest absolute Gasteiger partial charge is 0.424 e. The topological polar surface area (TPSA) is 72.8 Å². The number of allylic oxidation sites excluding steroid dienone is 1. The van der Waals surface area contributed by atoms with E-state index in [0.717, 1.165) is 60.9 Å². The third kappa shape index (κ3) is 8.83. The number of unbranched alkanes of at least 4 members (excludes halogenated alkanes) is 2. The first-order valence-electron chi connectivity index (χ1n) is 14.9. The van der Waals surface area contributed by atoms with Gasteiger partial charge in [-0.05, 0) is 53.1 Å². The molecular formula is C33H45F3O5SSi. The second kappa shape index (κ2) is 14.6. The van der Waals surface area contributed by atoms with Crippen LogP contribution >= 0.6 is 0 Å². The van der Waals surface area contributed by atoms with Gasteiger partial charge in [0.25, 0.3) is 8.32 Å². The molecule has 238 valence electrons. The summed E-state index contributed by atoms with van der Waals surface area (Å²) in [6.45, 7) is 13.5. The summed E-state index contributed by atoms with van der Waals surface area (Å²) in [5, 5.41) is 1.74. The van der Waals surface area contributed by atoms with Gasteiger partial charge in [0.2, 0.25) is 0 Å². The molecule has 1 N–H and O–H groups in total. The standard InChI is InChI=1S/C33H45F3O5SSi/c1-25(27(3)41-42(37,38)33(34,35)36)16-12-13-22-31-26(2)24-28(40-31)17-14-15-23-32(4,5)43(39,29-18-8-6-9-19-29)30-20-10-7-11-21-30/h6-11,18-21,25,28,31,39H,2-3,12-17,22-24H2,1,4-5H3/t25-,28?,31+/m1/s1. The highest BCUT2D eigenvalue weighted by Gasteiger charge is 2.50. The van der Waals surface area contributed by atoms with Crippen LogP contribution < -0.4 is 10.4 Å². The van der Waals surface area contributed by atoms with Gasteiger partial charge in [-0.15, -0.1) is 0 Å². The Kier molecular flexibility index (Phi) is 11.9. The van der Waals surface area contributed by atoms with E-state index in [0.29, 0.717) is 12.8 Å². The summed E-state index contributed by atoms with van der Waals surface area (Å²) in [5.41, 5.74) is -4.42.